The lowest BCUT2D eigenvalue weighted by Crippen LogP contribution is -2.07. The van der Waals surface area contributed by atoms with Crippen molar-refractivity contribution in [3.05, 3.63) is 48.2 Å². The van der Waals surface area contributed by atoms with Crippen LogP contribution >= 0.6 is 0 Å². The van der Waals surface area contributed by atoms with Gasteiger partial charge in [0.05, 0.1) is 0 Å². The van der Waals surface area contributed by atoms with Gasteiger partial charge in [-0.15, -0.1) is 0 Å². The van der Waals surface area contributed by atoms with E-state index in [1.165, 1.54) is 5.56 Å². The van der Waals surface area contributed by atoms with Crippen LogP contribution in [0.1, 0.15) is 24.6 Å². The van der Waals surface area contributed by atoms with Crippen LogP contribution in [0.2, 0.25) is 0 Å². The van der Waals surface area contributed by atoms with Crippen LogP contribution in [0.4, 0.5) is 5.82 Å². The number of aromatic nitrogens is 3. The molecule has 0 spiro atoms. The third-order valence-corrected chi connectivity index (χ3v) is 2.67. The third-order valence-electron chi connectivity index (χ3n) is 2.67. The molecule has 0 saturated heterocycles. The van der Waals surface area contributed by atoms with E-state index >= 15 is 0 Å². The molecule has 0 aliphatic rings. The first-order chi connectivity index (χ1) is 8.88. The lowest BCUT2D eigenvalue weighted by Gasteiger charge is -2.06. The van der Waals surface area contributed by atoms with Crippen molar-refractivity contribution >= 4 is 5.82 Å². The number of nitrogens with one attached hydrogen (secondary N) is 1. The fraction of sp³-hybridized carbons (Fsp3) is 0.357. The van der Waals surface area contributed by atoms with Gasteiger partial charge in [-0.3, -0.25) is 4.98 Å². The first-order valence-electron chi connectivity index (χ1n) is 6.32. The van der Waals surface area contributed by atoms with Gasteiger partial charge in [0.1, 0.15) is 12.1 Å². The molecule has 2 aromatic heterocycles. The Labute approximate surface area is 108 Å². The van der Waals surface area contributed by atoms with E-state index < -0.39 is 0 Å². The van der Waals surface area contributed by atoms with Crippen LogP contribution < -0.4 is 5.32 Å². The number of pyridine rings is 1. The van der Waals surface area contributed by atoms with Gasteiger partial charge in [0.25, 0.3) is 0 Å². The molecule has 1 N–H and O–H groups in total. The van der Waals surface area contributed by atoms with Crippen LogP contribution in [0.3, 0.4) is 0 Å². The molecule has 18 heavy (non-hydrogen) atoms. The highest BCUT2D eigenvalue weighted by Gasteiger charge is 1.98. The summed E-state index contributed by atoms with van der Waals surface area (Å²) < 4.78 is 0. The van der Waals surface area contributed by atoms with Gasteiger partial charge in [-0.1, -0.05) is 19.4 Å². The maximum absolute atomic E-state index is 4.23. The second kappa shape index (κ2) is 6.69. The summed E-state index contributed by atoms with van der Waals surface area (Å²) in [4.78, 5) is 12.5. The summed E-state index contributed by atoms with van der Waals surface area (Å²) in [6, 6.07) is 6.06. The Hall–Kier alpha value is -1.97. The second-order valence-electron chi connectivity index (χ2n) is 4.18. The third kappa shape index (κ3) is 3.80. The molecule has 4 nitrogen and oxygen atoms in total. The fourth-order valence-corrected chi connectivity index (χ4v) is 1.77. The first-order valence-corrected chi connectivity index (χ1v) is 6.32. The Morgan fingerprint density at radius 3 is 2.94 bits per heavy atom. The van der Waals surface area contributed by atoms with Crippen molar-refractivity contribution in [2.75, 3.05) is 11.9 Å². The molecule has 0 fully saturated rings. The molecule has 0 unspecified atom stereocenters. The van der Waals surface area contributed by atoms with Crippen molar-refractivity contribution in [2.45, 2.75) is 26.2 Å². The van der Waals surface area contributed by atoms with E-state index in [1.807, 2.05) is 18.3 Å². The van der Waals surface area contributed by atoms with Gasteiger partial charge in [-0.05, 0) is 24.5 Å². The number of aryl methyl sites for hydroxylation is 1. The van der Waals surface area contributed by atoms with Crippen molar-refractivity contribution in [1.29, 1.82) is 0 Å². The zero-order valence-corrected chi connectivity index (χ0v) is 10.6. The molecule has 0 amide bonds. The summed E-state index contributed by atoms with van der Waals surface area (Å²) in [6.45, 7) is 3.01. The van der Waals surface area contributed by atoms with E-state index in [2.05, 4.69) is 33.3 Å². The average molecular weight is 242 g/mol. The second-order valence-corrected chi connectivity index (χ2v) is 4.18. The van der Waals surface area contributed by atoms with Gasteiger partial charge in [-0.2, -0.15) is 0 Å². The highest BCUT2D eigenvalue weighted by atomic mass is 15.0. The van der Waals surface area contributed by atoms with Crippen molar-refractivity contribution in [3.8, 4) is 0 Å². The summed E-state index contributed by atoms with van der Waals surface area (Å²) in [5.41, 5.74) is 2.32. The van der Waals surface area contributed by atoms with E-state index in [0.717, 1.165) is 37.3 Å². The summed E-state index contributed by atoms with van der Waals surface area (Å²) in [7, 11) is 0. The zero-order chi connectivity index (χ0) is 12.6. The summed E-state index contributed by atoms with van der Waals surface area (Å²) >= 11 is 0. The summed E-state index contributed by atoms with van der Waals surface area (Å²) in [6.07, 6.45) is 8.35. The molecule has 2 aromatic rings. The Bertz CT molecular complexity index is 470. The number of hydrogen-bond donors (Lipinski definition) is 1. The number of nitrogens with zero attached hydrogens (tertiary/aromatic N) is 3. The van der Waals surface area contributed by atoms with Crippen LogP contribution in [0, 0.1) is 0 Å². The van der Waals surface area contributed by atoms with Crippen molar-refractivity contribution < 1.29 is 0 Å². The predicted molar refractivity (Wildman–Crippen MR) is 72.5 cm³/mol. The molecule has 94 valence electrons. The summed E-state index contributed by atoms with van der Waals surface area (Å²) in [5.74, 6) is 0.900. The molecule has 2 rings (SSSR count). The van der Waals surface area contributed by atoms with Crippen LogP contribution in [-0.2, 0) is 12.8 Å². The van der Waals surface area contributed by atoms with E-state index in [0.29, 0.717) is 0 Å². The van der Waals surface area contributed by atoms with Gasteiger partial charge in [0.15, 0.2) is 0 Å². The molecule has 4 heteroatoms. The van der Waals surface area contributed by atoms with E-state index in [4.69, 9.17) is 0 Å². The zero-order valence-electron chi connectivity index (χ0n) is 10.6. The first kappa shape index (κ1) is 12.5. The van der Waals surface area contributed by atoms with Crippen molar-refractivity contribution in [2.24, 2.45) is 0 Å². The minimum absolute atomic E-state index is 0.855. The van der Waals surface area contributed by atoms with Crippen LogP contribution in [0.15, 0.2) is 36.9 Å². The molecule has 2 heterocycles. The highest BCUT2D eigenvalue weighted by molar-refractivity contribution is 5.35. The maximum atomic E-state index is 4.23. The summed E-state index contributed by atoms with van der Waals surface area (Å²) in [5, 5.41) is 3.31. The number of rotatable bonds is 6. The van der Waals surface area contributed by atoms with Gasteiger partial charge < -0.3 is 5.32 Å². The van der Waals surface area contributed by atoms with Gasteiger partial charge >= 0.3 is 0 Å². The Morgan fingerprint density at radius 1 is 1.22 bits per heavy atom. The molecule has 0 saturated carbocycles. The quantitative estimate of drug-likeness (QED) is 0.845. The Morgan fingerprint density at radius 2 is 2.17 bits per heavy atom. The Balaban J connectivity index is 1.84. The minimum Gasteiger partial charge on any atom is -0.370 e. The van der Waals surface area contributed by atoms with Gasteiger partial charge in [0, 0.05) is 30.7 Å². The van der Waals surface area contributed by atoms with Crippen molar-refractivity contribution in [1.82, 2.24) is 15.0 Å². The topological polar surface area (TPSA) is 50.7 Å². The molecule has 0 atom stereocenters. The molecule has 0 aliphatic heterocycles. The van der Waals surface area contributed by atoms with Crippen LogP contribution in [0.5, 0.6) is 0 Å². The molecular formula is C14H18N4. The van der Waals surface area contributed by atoms with Crippen LogP contribution in [0.25, 0.3) is 0 Å². The molecule has 0 aliphatic carbocycles. The smallest absolute Gasteiger partial charge is 0.129 e. The van der Waals surface area contributed by atoms with Crippen LogP contribution in [-0.4, -0.2) is 21.5 Å². The molecule has 0 radical (unpaired) electrons. The Kier molecular flexibility index (Phi) is 4.64. The lowest BCUT2D eigenvalue weighted by molar-refractivity contribution is 0.870. The van der Waals surface area contributed by atoms with E-state index in [9.17, 15) is 0 Å². The highest BCUT2D eigenvalue weighted by Crippen LogP contribution is 2.06. The predicted octanol–water partition coefficient (Wildman–Crippen LogP) is 2.48. The maximum Gasteiger partial charge on any atom is 0.129 e. The monoisotopic (exact) mass is 242 g/mol. The fourth-order valence-electron chi connectivity index (χ4n) is 1.77. The van der Waals surface area contributed by atoms with E-state index in [1.54, 1.807) is 12.5 Å². The SMILES string of the molecule is CCCc1cc(NCCc2cccnc2)ncn1. The van der Waals surface area contributed by atoms with Gasteiger partial charge in [-0.25, -0.2) is 9.97 Å². The minimum atomic E-state index is 0.855. The average Bonchev–Trinajstić information content (AvgIpc) is 2.41. The van der Waals surface area contributed by atoms with Crippen molar-refractivity contribution in [3.63, 3.8) is 0 Å². The molecular weight excluding hydrogens is 224 g/mol. The number of hydrogen-bond acceptors (Lipinski definition) is 4. The van der Waals surface area contributed by atoms with E-state index in [-0.39, 0.29) is 0 Å². The largest absolute Gasteiger partial charge is 0.370 e. The van der Waals surface area contributed by atoms with Gasteiger partial charge in [0.2, 0.25) is 0 Å². The number of anilines is 1. The normalized spacial score (nSPS) is 10.3. The lowest BCUT2D eigenvalue weighted by atomic mass is 10.2. The standard InChI is InChI=1S/C14H18N4/c1-2-4-13-9-14(18-11-17-13)16-8-6-12-5-3-7-15-10-12/h3,5,7,9-11H,2,4,6,8H2,1H3,(H,16,17,18). The molecule has 0 bridgehead atoms. The molecule has 0 aromatic carbocycles.